The zero-order chi connectivity index (χ0) is 20.8. The molecule has 1 atom stereocenters. The third-order valence-electron chi connectivity index (χ3n) is 4.93. The van der Waals surface area contributed by atoms with Crippen LogP contribution in [0.1, 0.15) is 22.7 Å². The van der Waals surface area contributed by atoms with Crippen molar-refractivity contribution < 1.29 is 26.7 Å². The molecule has 1 aliphatic heterocycles. The van der Waals surface area contributed by atoms with E-state index in [1.165, 1.54) is 24.3 Å². The lowest BCUT2D eigenvalue weighted by molar-refractivity contribution is -0.137. The van der Waals surface area contributed by atoms with Gasteiger partial charge in [0.2, 0.25) is 0 Å². The molecular formula is C22H16F5NO. The maximum absolute atomic E-state index is 14.0. The van der Waals surface area contributed by atoms with Crippen LogP contribution >= 0.6 is 0 Å². The zero-order valence-electron chi connectivity index (χ0n) is 15.3. The number of halogens is 5. The van der Waals surface area contributed by atoms with Crippen LogP contribution in [0.2, 0.25) is 0 Å². The number of anilines is 1. The Morgan fingerprint density at radius 1 is 0.966 bits per heavy atom. The number of hydrogen-bond acceptors (Lipinski definition) is 2. The predicted molar refractivity (Wildman–Crippen MR) is 99.8 cm³/mol. The summed E-state index contributed by atoms with van der Waals surface area (Å²) in [5, 5.41) is 3.06. The second-order valence-corrected chi connectivity index (χ2v) is 6.88. The molecule has 2 nitrogen and oxygen atoms in total. The molecule has 3 aromatic carbocycles. The van der Waals surface area contributed by atoms with Gasteiger partial charge in [-0.3, -0.25) is 0 Å². The number of benzene rings is 3. The van der Waals surface area contributed by atoms with Gasteiger partial charge < -0.3 is 10.1 Å². The van der Waals surface area contributed by atoms with Crippen molar-refractivity contribution in [2.45, 2.75) is 19.1 Å². The highest BCUT2D eigenvalue weighted by Gasteiger charge is 2.31. The van der Waals surface area contributed by atoms with Crippen LogP contribution in [0.25, 0.3) is 11.1 Å². The first kappa shape index (κ1) is 19.2. The van der Waals surface area contributed by atoms with Gasteiger partial charge in [0, 0.05) is 5.56 Å². The van der Waals surface area contributed by atoms with Crippen LogP contribution in [0.3, 0.4) is 0 Å². The van der Waals surface area contributed by atoms with Gasteiger partial charge in [-0.1, -0.05) is 18.2 Å². The number of nitrogens with one attached hydrogen (secondary N) is 1. The highest BCUT2D eigenvalue weighted by atomic mass is 19.4. The number of aryl methyl sites for hydroxylation is 1. The fraction of sp³-hybridized carbons (Fsp3) is 0.182. The van der Waals surface area contributed by atoms with Crippen molar-refractivity contribution in [3.05, 3.63) is 82.9 Å². The summed E-state index contributed by atoms with van der Waals surface area (Å²) in [6, 6.07) is 11.7. The number of hydrogen-bond donors (Lipinski definition) is 1. The molecule has 150 valence electrons. The largest absolute Gasteiger partial charge is 0.489 e. The van der Waals surface area contributed by atoms with Crippen LogP contribution in [0.15, 0.2) is 54.6 Å². The highest BCUT2D eigenvalue weighted by Crippen LogP contribution is 2.39. The molecule has 4 rings (SSSR count). The van der Waals surface area contributed by atoms with Crippen LogP contribution < -0.4 is 10.1 Å². The Hall–Kier alpha value is -3.09. The Bertz CT molecular complexity index is 1060. The van der Waals surface area contributed by atoms with Gasteiger partial charge in [-0.2, -0.15) is 13.2 Å². The van der Waals surface area contributed by atoms with Gasteiger partial charge in [-0.15, -0.1) is 0 Å². The van der Waals surface area contributed by atoms with Crippen molar-refractivity contribution in [3.8, 4) is 16.9 Å². The topological polar surface area (TPSA) is 21.3 Å². The number of alkyl halides is 3. The molecule has 1 heterocycles. The van der Waals surface area contributed by atoms with E-state index in [1.807, 2.05) is 0 Å². The maximum atomic E-state index is 14.0. The molecule has 3 aromatic rings. The first-order valence-electron chi connectivity index (χ1n) is 8.89. The maximum Gasteiger partial charge on any atom is 0.416 e. The summed E-state index contributed by atoms with van der Waals surface area (Å²) in [5.74, 6) is -0.854. The molecule has 0 aliphatic carbocycles. The molecule has 0 saturated carbocycles. The summed E-state index contributed by atoms with van der Waals surface area (Å²) in [4.78, 5) is 0. The van der Waals surface area contributed by atoms with Gasteiger partial charge in [-0.05, 0) is 60.0 Å². The molecule has 0 aromatic heterocycles. The van der Waals surface area contributed by atoms with Crippen molar-refractivity contribution >= 4 is 5.69 Å². The van der Waals surface area contributed by atoms with E-state index in [-0.39, 0.29) is 12.2 Å². The van der Waals surface area contributed by atoms with E-state index < -0.39 is 29.4 Å². The van der Waals surface area contributed by atoms with E-state index in [2.05, 4.69) is 5.32 Å². The van der Waals surface area contributed by atoms with Crippen LogP contribution in [-0.2, 0) is 6.18 Å². The van der Waals surface area contributed by atoms with Gasteiger partial charge in [-0.25, -0.2) is 8.78 Å². The smallest absolute Gasteiger partial charge is 0.416 e. The van der Waals surface area contributed by atoms with E-state index in [0.29, 0.717) is 28.1 Å². The molecule has 1 aliphatic rings. The molecule has 7 heteroatoms. The first-order chi connectivity index (χ1) is 13.7. The second kappa shape index (κ2) is 7.06. The summed E-state index contributed by atoms with van der Waals surface area (Å²) >= 11 is 0. The minimum absolute atomic E-state index is 0.0142. The molecule has 0 spiro atoms. The van der Waals surface area contributed by atoms with Crippen LogP contribution in [0.5, 0.6) is 5.75 Å². The fourth-order valence-corrected chi connectivity index (χ4v) is 3.49. The lowest BCUT2D eigenvalue weighted by Crippen LogP contribution is -2.25. The normalized spacial score (nSPS) is 16.0. The lowest BCUT2D eigenvalue weighted by atomic mass is 9.97. The van der Waals surface area contributed by atoms with Gasteiger partial charge >= 0.3 is 6.18 Å². The second-order valence-electron chi connectivity index (χ2n) is 6.88. The Balaban J connectivity index is 1.63. The minimum Gasteiger partial charge on any atom is -0.489 e. The third-order valence-corrected chi connectivity index (χ3v) is 4.93. The van der Waals surface area contributed by atoms with Crippen molar-refractivity contribution in [1.82, 2.24) is 0 Å². The Morgan fingerprint density at radius 2 is 1.69 bits per heavy atom. The molecule has 29 heavy (non-hydrogen) atoms. The molecule has 0 bridgehead atoms. The Kier molecular flexibility index (Phi) is 4.68. The average molecular weight is 405 g/mol. The van der Waals surface area contributed by atoms with Crippen molar-refractivity contribution in [2.75, 3.05) is 11.9 Å². The standard InChI is InChI=1S/C22H16F5NO/c1-12-9-14(22(25,26)27)6-7-15(12)13-5-8-18-20(10-13)29-11-19(28-18)21-16(23)3-2-4-17(21)24/h2-10,19,28H,11H2,1H3. The Morgan fingerprint density at radius 3 is 2.34 bits per heavy atom. The van der Waals surface area contributed by atoms with Gasteiger partial charge in [0.15, 0.2) is 0 Å². The SMILES string of the molecule is Cc1cc(C(F)(F)F)ccc1-c1ccc2c(c1)OCC(c1c(F)cccc1F)N2. The molecule has 0 saturated heterocycles. The lowest BCUT2D eigenvalue weighted by Gasteiger charge is -2.28. The van der Waals surface area contributed by atoms with Crippen LogP contribution in [-0.4, -0.2) is 6.61 Å². The quantitative estimate of drug-likeness (QED) is 0.491. The van der Waals surface area contributed by atoms with Crippen molar-refractivity contribution in [2.24, 2.45) is 0 Å². The average Bonchev–Trinajstić information content (AvgIpc) is 2.66. The van der Waals surface area contributed by atoms with Crippen LogP contribution in [0, 0.1) is 18.6 Å². The number of fused-ring (bicyclic) bond motifs is 1. The molecule has 0 amide bonds. The highest BCUT2D eigenvalue weighted by molar-refractivity contribution is 5.74. The zero-order valence-corrected chi connectivity index (χ0v) is 15.3. The van der Waals surface area contributed by atoms with Crippen molar-refractivity contribution in [3.63, 3.8) is 0 Å². The third kappa shape index (κ3) is 3.64. The first-order valence-corrected chi connectivity index (χ1v) is 8.89. The monoisotopic (exact) mass is 405 g/mol. The summed E-state index contributed by atoms with van der Waals surface area (Å²) in [5.41, 5.74) is 1.57. The molecule has 0 radical (unpaired) electrons. The summed E-state index contributed by atoms with van der Waals surface area (Å²) in [6.07, 6.45) is -4.40. The van der Waals surface area contributed by atoms with E-state index in [9.17, 15) is 22.0 Å². The molecule has 1 N–H and O–H groups in total. The molecule has 1 unspecified atom stereocenters. The predicted octanol–water partition coefficient (Wildman–Crippen LogP) is 6.50. The Labute approximate surface area is 163 Å². The summed E-state index contributed by atoms with van der Waals surface area (Å²) in [7, 11) is 0. The van der Waals surface area contributed by atoms with E-state index in [1.54, 1.807) is 25.1 Å². The van der Waals surface area contributed by atoms with Crippen LogP contribution in [0.4, 0.5) is 27.6 Å². The van der Waals surface area contributed by atoms with E-state index >= 15 is 0 Å². The fourth-order valence-electron chi connectivity index (χ4n) is 3.49. The molecule has 0 fully saturated rings. The number of rotatable bonds is 2. The van der Waals surface area contributed by atoms with E-state index in [0.717, 1.165) is 12.1 Å². The summed E-state index contributed by atoms with van der Waals surface area (Å²) < 4.78 is 72.4. The number of ether oxygens (including phenoxy) is 1. The van der Waals surface area contributed by atoms with Gasteiger partial charge in [0.25, 0.3) is 0 Å². The van der Waals surface area contributed by atoms with Crippen molar-refractivity contribution in [1.29, 1.82) is 0 Å². The van der Waals surface area contributed by atoms with E-state index in [4.69, 9.17) is 4.74 Å². The summed E-state index contributed by atoms with van der Waals surface area (Å²) in [6.45, 7) is 1.63. The van der Waals surface area contributed by atoms with Gasteiger partial charge in [0.1, 0.15) is 24.0 Å². The van der Waals surface area contributed by atoms with Gasteiger partial charge in [0.05, 0.1) is 17.3 Å². The minimum atomic E-state index is -4.40. The molecular weight excluding hydrogens is 389 g/mol.